The number of halogens is 1. The molecule has 2 aromatic carbocycles. The lowest BCUT2D eigenvalue weighted by molar-refractivity contribution is 0.104. The van der Waals surface area contributed by atoms with Gasteiger partial charge in [-0.15, -0.1) is 5.10 Å². The molecule has 0 unspecified atom stereocenters. The van der Waals surface area contributed by atoms with E-state index in [1.165, 1.54) is 24.2 Å². The van der Waals surface area contributed by atoms with E-state index in [-0.39, 0.29) is 22.3 Å². The van der Waals surface area contributed by atoms with Gasteiger partial charge in [-0.25, -0.2) is 4.68 Å². The molecule has 25 heavy (non-hydrogen) atoms. The van der Waals surface area contributed by atoms with Gasteiger partial charge in [-0.1, -0.05) is 29.8 Å². The summed E-state index contributed by atoms with van der Waals surface area (Å²) >= 11 is 5.94. The monoisotopic (exact) mass is 356 g/mol. The third-order valence-electron chi connectivity index (χ3n) is 3.44. The van der Waals surface area contributed by atoms with E-state index in [0.717, 1.165) is 0 Å². The normalized spacial score (nSPS) is 11.0. The zero-order valence-electron chi connectivity index (χ0n) is 13.1. The molecule has 0 atom stereocenters. The summed E-state index contributed by atoms with van der Waals surface area (Å²) in [5.74, 6) is -0.0971. The first kappa shape index (κ1) is 16.7. The van der Waals surface area contributed by atoms with Gasteiger partial charge in [0.1, 0.15) is 6.33 Å². The van der Waals surface area contributed by atoms with Crippen LogP contribution in [0.1, 0.15) is 15.9 Å². The van der Waals surface area contributed by atoms with Crippen LogP contribution in [0.4, 0.5) is 0 Å². The second-order valence-corrected chi connectivity index (χ2v) is 5.46. The number of aromatic nitrogens is 4. The summed E-state index contributed by atoms with van der Waals surface area (Å²) in [7, 11) is 1.43. The molecular weight excluding hydrogens is 344 g/mol. The highest BCUT2D eigenvalue weighted by Gasteiger charge is 2.09. The molecule has 0 radical (unpaired) electrons. The van der Waals surface area contributed by atoms with Crippen LogP contribution in [0.5, 0.6) is 11.5 Å². The minimum absolute atomic E-state index is 0.137. The van der Waals surface area contributed by atoms with Crippen LogP contribution >= 0.6 is 11.6 Å². The van der Waals surface area contributed by atoms with Gasteiger partial charge in [0.2, 0.25) is 0 Å². The fourth-order valence-electron chi connectivity index (χ4n) is 2.20. The van der Waals surface area contributed by atoms with Crippen LogP contribution in [0, 0.1) is 0 Å². The zero-order chi connectivity index (χ0) is 17.8. The van der Waals surface area contributed by atoms with Crippen LogP contribution < -0.4 is 4.74 Å². The number of methoxy groups -OCH3 is 1. The molecule has 3 aromatic rings. The van der Waals surface area contributed by atoms with Crippen LogP contribution in [0.15, 0.2) is 48.8 Å². The van der Waals surface area contributed by atoms with Crippen molar-refractivity contribution in [1.29, 1.82) is 0 Å². The van der Waals surface area contributed by atoms with E-state index in [1.807, 2.05) is 0 Å². The van der Waals surface area contributed by atoms with Crippen molar-refractivity contribution in [2.24, 2.45) is 0 Å². The lowest BCUT2D eigenvalue weighted by atomic mass is 10.1. The Labute approximate surface area is 148 Å². The van der Waals surface area contributed by atoms with Gasteiger partial charge in [0.05, 0.1) is 17.8 Å². The number of ketones is 1. The fraction of sp³-hybridized carbons (Fsp3) is 0.0588. The van der Waals surface area contributed by atoms with E-state index in [2.05, 4.69) is 15.5 Å². The molecule has 7 nitrogen and oxygen atoms in total. The average molecular weight is 357 g/mol. The molecule has 1 aromatic heterocycles. The highest BCUT2D eigenvalue weighted by Crippen LogP contribution is 2.35. The molecule has 1 heterocycles. The van der Waals surface area contributed by atoms with Crippen LogP contribution in [-0.4, -0.2) is 38.2 Å². The molecule has 0 fully saturated rings. The topological polar surface area (TPSA) is 90.1 Å². The molecule has 0 aliphatic carbocycles. The number of tetrazole rings is 1. The summed E-state index contributed by atoms with van der Waals surface area (Å²) in [4.78, 5) is 12.4. The van der Waals surface area contributed by atoms with Crippen LogP contribution in [0.2, 0.25) is 5.02 Å². The highest BCUT2D eigenvalue weighted by atomic mass is 35.5. The van der Waals surface area contributed by atoms with Crippen molar-refractivity contribution < 1.29 is 14.6 Å². The molecule has 1 N–H and O–H groups in total. The summed E-state index contributed by atoms with van der Waals surface area (Å²) in [6, 6.07) is 10.1. The summed E-state index contributed by atoms with van der Waals surface area (Å²) < 4.78 is 6.50. The van der Waals surface area contributed by atoms with Gasteiger partial charge in [-0.2, -0.15) is 0 Å². The molecule has 8 heteroatoms. The van der Waals surface area contributed by atoms with Crippen LogP contribution in [0.25, 0.3) is 11.8 Å². The average Bonchev–Trinajstić information content (AvgIpc) is 3.17. The second-order valence-electron chi connectivity index (χ2n) is 5.06. The Hall–Kier alpha value is -3.19. The van der Waals surface area contributed by atoms with Crippen LogP contribution in [0.3, 0.4) is 0 Å². The molecule has 126 valence electrons. The van der Waals surface area contributed by atoms with Gasteiger partial charge in [0, 0.05) is 5.56 Å². The van der Waals surface area contributed by atoms with Gasteiger partial charge >= 0.3 is 0 Å². The lowest BCUT2D eigenvalue weighted by Gasteiger charge is -2.06. The fourth-order valence-corrected chi connectivity index (χ4v) is 2.41. The molecule has 0 aliphatic rings. The number of carbonyl (C=O) groups is 1. The van der Waals surface area contributed by atoms with E-state index in [1.54, 1.807) is 42.5 Å². The number of hydrogen-bond donors (Lipinski definition) is 1. The quantitative estimate of drug-likeness (QED) is 0.558. The predicted molar refractivity (Wildman–Crippen MR) is 92.2 cm³/mol. The molecule has 3 rings (SSSR count). The van der Waals surface area contributed by atoms with Gasteiger partial charge in [0.15, 0.2) is 17.3 Å². The Balaban J connectivity index is 1.84. The maximum atomic E-state index is 12.4. The minimum Gasteiger partial charge on any atom is -0.503 e. The maximum Gasteiger partial charge on any atom is 0.185 e. The molecule has 0 amide bonds. The van der Waals surface area contributed by atoms with Crippen LogP contribution in [-0.2, 0) is 0 Å². The number of aromatic hydroxyl groups is 1. The second kappa shape index (κ2) is 7.14. The number of carbonyl (C=O) groups excluding carboxylic acids is 1. The van der Waals surface area contributed by atoms with E-state index >= 15 is 0 Å². The SMILES string of the molecule is COc1cc(/C=C/C(=O)c2cccc(-n3cnnn3)c2)cc(Cl)c1O. The number of hydrogen-bond acceptors (Lipinski definition) is 6. The van der Waals surface area contributed by atoms with Crippen molar-refractivity contribution in [3.8, 4) is 17.2 Å². The van der Waals surface area contributed by atoms with Crippen molar-refractivity contribution in [3.63, 3.8) is 0 Å². The molecule has 0 saturated heterocycles. The summed E-state index contributed by atoms with van der Waals surface area (Å²) in [5, 5.41) is 20.8. The van der Waals surface area contributed by atoms with Gasteiger partial charge in [-0.3, -0.25) is 4.79 Å². The highest BCUT2D eigenvalue weighted by molar-refractivity contribution is 6.32. The first-order chi connectivity index (χ1) is 12.1. The first-order valence-corrected chi connectivity index (χ1v) is 7.58. The van der Waals surface area contributed by atoms with E-state index in [9.17, 15) is 9.90 Å². The Morgan fingerprint density at radius 3 is 2.88 bits per heavy atom. The number of rotatable bonds is 5. The largest absolute Gasteiger partial charge is 0.503 e. The van der Waals surface area contributed by atoms with E-state index in [4.69, 9.17) is 16.3 Å². The van der Waals surface area contributed by atoms with Crippen molar-refractivity contribution >= 4 is 23.5 Å². The van der Waals surface area contributed by atoms with Crippen molar-refractivity contribution in [2.45, 2.75) is 0 Å². The number of phenolic OH excluding ortho intramolecular Hbond substituents is 1. The third-order valence-corrected chi connectivity index (χ3v) is 3.73. The Kier molecular flexibility index (Phi) is 4.76. The van der Waals surface area contributed by atoms with Gasteiger partial charge in [0.25, 0.3) is 0 Å². The summed E-state index contributed by atoms with van der Waals surface area (Å²) in [6.45, 7) is 0. The van der Waals surface area contributed by atoms with Crippen molar-refractivity contribution in [2.75, 3.05) is 7.11 Å². The minimum atomic E-state index is -0.196. The number of benzene rings is 2. The Morgan fingerprint density at radius 2 is 2.16 bits per heavy atom. The molecule has 0 bridgehead atoms. The first-order valence-electron chi connectivity index (χ1n) is 7.21. The number of nitrogens with zero attached hydrogens (tertiary/aromatic N) is 4. The van der Waals surface area contributed by atoms with Crippen molar-refractivity contribution in [3.05, 3.63) is 65.0 Å². The van der Waals surface area contributed by atoms with Crippen molar-refractivity contribution in [1.82, 2.24) is 20.2 Å². The number of ether oxygens (including phenoxy) is 1. The number of allylic oxidation sites excluding steroid dienone is 1. The van der Waals surface area contributed by atoms with Gasteiger partial charge < -0.3 is 9.84 Å². The summed E-state index contributed by atoms with van der Waals surface area (Å²) in [6.07, 6.45) is 4.46. The molecule has 0 aliphatic heterocycles. The predicted octanol–water partition coefficient (Wildman–Crippen LogP) is 2.93. The maximum absolute atomic E-state index is 12.4. The lowest BCUT2D eigenvalue weighted by Crippen LogP contribution is -1.99. The smallest absolute Gasteiger partial charge is 0.185 e. The number of phenols is 1. The Bertz CT molecular complexity index is 939. The van der Waals surface area contributed by atoms with E-state index in [0.29, 0.717) is 16.8 Å². The van der Waals surface area contributed by atoms with E-state index < -0.39 is 0 Å². The Morgan fingerprint density at radius 1 is 1.32 bits per heavy atom. The molecule has 0 spiro atoms. The molecule has 0 saturated carbocycles. The molecular formula is C17H13ClN4O3. The summed E-state index contributed by atoms with van der Waals surface area (Å²) in [5.41, 5.74) is 1.80. The zero-order valence-corrected chi connectivity index (χ0v) is 13.9. The standard InChI is InChI=1S/C17H13ClN4O3/c1-25-16-8-11(7-14(18)17(16)24)5-6-15(23)12-3-2-4-13(9-12)22-10-19-20-21-22/h2-10,24H,1H3/b6-5+. The third kappa shape index (κ3) is 3.67. The van der Waals surface area contributed by atoms with Gasteiger partial charge in [-0.05, 0) is 46.3 Å².